The molecule has 0 aromatic carbocycles. The van der Waals surface area contributed by atoms with Crippen molar-refractivity contribution in [2.24, 2.45) is 5.92 Å². The molecule has 4 heterocycles. The number of fused-ring (bicyclic) bond motifs is 1. The van der Waals surface area contributed by atoms with Crippen LogP contribution in [0.4, 0.5) is 0 Å². The first-order valence-electron chi connectivity index (χ1n) is 12.1. The quantitative estimate of drug-likeness (QED) is 0.763. The van der Waals surface area contributed by atoms with E-state index in [-0.39, 0.29) is 23.4 Å². The lowest BCUT2D eigenvalue weighted by Gasteiger charge is -2.34. The van der Waals surface area contributed by atoms with E-state index in [2.05, 4.69) is 37.7 Å². The lowest BCUT2D eigenvalue weighted by atomic mass is 9.92. The Labute approximate surface area is 184 Å². The number of rotatable bonds is 6. The van der Waals surface area contributed by atoms with Crippen LogP contribution < -0.4 is 5.56 Å². The zero-order valence-electron chi connectivity index (χ0n) is 19.4. The van der Waals surface area contributed by atoms with E-state index in [1.54, 1.807) is 10.6 Å². The highest BCUT2D eigenvalue weighted by atomic mass is 16.2. The molecular weight excluding hydrogens is 390 g/mol. The number of nitrogens with zero attached hydrogens (tertiary/aromatic N) is 4. The maximum absolute atomic E-state index is 13.0. The number of nitrogens with one attached hydrogen (secondary N) is 1. The van der Waals surface area contributed by atoms with Gasteiger partial charge in [-0.1, -0.05) is 13.8 Å². The Bertz CT molecular complexity index is 966. The molecule has 0 saturated carbocycles. The topological polar surface area (TPSA) is 73.7 Å². The highest BCUT2D eigenvalue weighted by Gasteiger charge is 2.34. The summed E-state index contributed by atoms with van der Waals surface area (Å²) in [5, 5.41) is 3.26. The van der Waals surface area contributed by atoms with E-state index < -0.39 is 0 Å². The molecule has 2 saturated heterocycles. The molecule has 4 rings (SSSR count). The van der Waals surface area contributed by atoms with Crippen LogP contribution in [0.1, 0.15) is 89.6 Å². The molecule has 31 heavy (non-hydrogen) atoms. The number of carbonyl (C=O) groups excluding carboxylic acids is 1. The number of amides is 1. The van der Waals surface area contributed by atoms with Crippen LogP contribution in [0.5, 0.6) is 0 Å². The van der Waals surface area contributed by atoms with Gasteiger partial charge in [0, 0.05) is 36.6 Å². The summed E-state index contributed by atoms with van der Waals surface area (Å²) in [6.07, 6.45) is 5.73. The Morgan fingerprint density at radius 2 is 1.84 bits per heavy atom. The Kier molecular flexibility index (Phi) is 6.51. The molecule has 0 unspecified atom stereocenters. The fraction of sp³-hybridized carbons (Fsp3) is 0.708. The van der Waals surface area contributed by atoms with Crippen molar-refractivity contribution in [2.75, 3.05) is 19.6 Å². The molecule has 1 N–H and O–H groups in total. The van der Waals surface area contributed by atoms with Crippen molar-refractivity contribution < 1.29 is 4.79 Å². The van der Waals surface area contributed by atoms with Crippen molar-refractivity contribution in [1.29, 1.82) is 0 Å². The predicted octanol–water partition coefficient (Wildman–Crippen LogP) is 3.71. The number of H-pyrrole nitrogens is 1. The molecule has 2 aromatic heterocycles. The van der Waals surface area contributed by atoms with Gasteiger partial charge in [0.05, 0.1) is 17.4 Å². The summed E-state index contributed by atoms with van der Waals surface area (Å²) in [6.45, 7) is 11.5. The minimum atomic E-state index is -0.0617. The molecule has 1 atom stereocenters. The fourth-order valence-corrected chi connectivity index (χ4v) is 5.35. The van der Waals surface area contributed by atoms with E-state index in [9.17, 15) is 9.59 Å². The second kappa shape index (κ2) is 9.15. The molecule has 0 spiro atoms. The van der Waals surface area contributed by atoms with E-state index in [0.717, 1.165) is 69.5 Å². The van der Waals surface area contributed by atoms with Crippen LogP contribution in [0.2, 0.25) is 0 Å². The maximum Gasteiger partial charge on any atom is 0.272 e. The molecule has 2 fully saturated rings. The Morgan fingerprint density at radius 1 is 1.13 bits per heavy atom. The predicted molar refractivity (Wildman–Crippen MR) is 122 cm³/mol. The number of hydrogen-bond acceptors (Lipinski definition) is 4. The second-order valence-electron chi connectivity index (χ2n) is 9.53. The van der Waals surface area contributed by atoms with Crippen molar-refractivity contribution in [3.8, 4) is 0 Å². The van der Waals surface area contributed by atoms with Gasteiger partial charge >= 0.3 is 0 Å². The summed E-state index contributed by atoms with van der Waals surface area (Å²) in [5.74, 6) is 0.656. The third-order valence-corrected chi connectivity index (χ3v) is 7.40. The average Bonchev–Trinajstić information content (AvgIpc) is 3.41. The SMILES string of the molecule is CCC(CC)C(=O)N1CCC[C@@H]1c1cc2nc(C3CCN(C(C)C)CC3)cc(=O)n2[nH]1. The van der Waals surface area contributed by atoms with Gasteiger partial charge in [-0.15, -0.1) is 0 Å². The van der Waals surface area contributed by atoms with Gasteiger partial charge in [0.15, 0.2) is 5.65 Å². The van der Waals surface area contributed by atoms with Crippen LogP contribution in [0.15, 0.2) is 16.9 Å². The smallest absolute Gasteiger partial charge is 0.272 e. The van der Waals surface area contributed by atoms with Crippen LogP contribution in [-0.2, 0) is 4.79 Å². The summed E-state index contributed by atoms with van der Waals surface area (Å²) in [6, 6.07) is 4.25. The molecule has 2 aliphatic heterocycles. The van der Waals surface area contributed by atoms with Crippen molar-refractivity contribution in [1.82, 2.24) is 24.4 Å². The summed E-state index contributed by atoms with van der Waals surface area (Å²) < 4.78 is 1.54. The van der Waals surface area contributed by atoms with E-state index >= 15 is 0 Å². The number of hydrogen-bond donors (Lipinski definition) is 1. The van der Waals surface area contributed by atoms with Gasteiger partial charge in [0.1, 0.15) is 0 Å². The normalized spacial score (nSPS) is 21.1. The number of carbonyl (C=O) groups is 1. The Balaban J connectivity index is 1.58. The molecule has 7 nitrogen and oxygen atoms in total. The zero-order valence-corrected chi connectivity index (χ0v) is 19.4. The number of likely N-dealkylation sites (tertiary alicyclic amines) is 2. The van der Waals surface area contributed by atoms with E-state index in [4.69, 9.17) is 4.98 Å². The van der Waals surface area contributed by atoms with Crippen LogP contribution >= 0.6 is 0 Å². The molecule has 170 valence electrons. The van der Waals surface area contributed by atoms with Crippen molar-refractivity contribution >= 4 is 11.6 Å². The summed E-state index contributed by atoms with van der Waals surface area (Å²) in [7, 11) is 0. The first kappa shape index (κ1) is 22.1. The van der Waals surface area contributed by atoms with Crippen LogP contribution in [0.3, 0.4) is 0 Å². The highest BCUT2D eigenvalue weighted by molar-refractivity contribution is 5.79. The van der Waals surface area contributed by atoms with Crippen LogP contribution in [0, 0.1) is 5.92 Å². The number of aromatic nitrogens is 3. The standard InChI is InChI=1S/C24H37N5O2/c1-5-17(6-2)24(31)28-11-7-8-21(28)20-14-22-25-19(15-23(30)29(22)26-20)18-9-12-27(13-10-18)16(3)4/h14-18,21,26H,5-13H2,1-4H3/t21-/m1/s1. The zero-order chi connectivity index (χ0) is 22.1. The molecule has 2 aromatic rings. The van der Waals surface area contributed by atoms with Crippen molar-refractivity contribution in [2.45, 2.75) is 84.2 Å². The first-order chi connectivity index (χ1) is 14.9. The third kappa shape index (κ3) is 4.29. The van der Waals surface area contributed by atoms with Crippen molar-refractivity contribution in [3.05, 3.63) is 33.9 Å². The Hall–Kier alpha value is -2.15. The molecule has 1 amide bonds. The molecule has 0 radical (unpaired) electrons. The minimum Gasteiger partial charge on any atom is -0.334 e. The van der Waals surface area contributed by atoms with E-state index in [1.165, 1.54) is 0 Å². The lowest BCUT2D eigenvalue weighted by Crippen LogP contribution is -2.38. The third-order valence-electron chi connectivity index (χ3n) is 7.40. The van der Waals surface area contributed by atoms with Gasteiger partial charge in [-0.2, -0.15) is 0 Å². The van der Waals surface area contributed by atoms with Gasteiger partial charge in [-0.25, -0.2) is 9.50 Å². The largest absolute Gasteiger partial charge is 0.334 e. The van der Waals surface area contributed by atoms with Crippen LogP contribution in [0.25, 0.3) is 5.65 Å². The van der Waals surface area contributed by atoms with Gasteiger partial charge in [-0.3, -0.25) is 14.7 Å². The number of aromatic amines is 1. The molecular formula is C24H37N5O2. The van der Waals surface area contributed by atoms with Crippen molar-refractivity contribution in [3.63, 3.8) is 0 Å². The molecule has 7 heteroatoms. The summed E-state index contributed by atoms with van der Waals surface area (Å²) in [4.78, 5) is 35.3. The van der Waals surface area contributed by atoms with Crippen LogP contribution in [-0.4, -0.2) is 56.0 Å². The summed E-state index contributed by atoms with van der Waals surface area (Å²) in [5.41, 5.74) is 2.45. The maximum atomic E-state index is 13.0. The molecule has 2 aliphatic rings. The summed E-state index contributed by atoms with van der Waals surface area (Å²) >= 11 is 0. The van der Waals surface area contributed by atoms with E-state index in [1.807, 2.05) is 11.0 Å². The Morgan fingerprint density at radius 3 is 2.48 bits per heavy atom. The lowest BCUT2D eigenvalue weighted by molar-refractivity contribution is -0.136. The highest BCUT2D eigenvalue weighted by Crippen LogP contribution is 2.34. The molecule has 0 bridgehead atoms. The second-order valence-corrected chi connectivity index (χ2v) is 9.53. The number of piperidine rings is 1. The average molecular weight is 428 g/mol. The minimum absolute atomic E-state index is 0.00642. The van der Waals surface area contributed by atoms with E-state index in [0.29, 0.717) is 17.6 Å². The monoisotopic (exact) mass is 427 g/mol. The van der Waals surface area contributed by atoms with Gasteiger partial charge in [0.25, 0.3) is 5.56 Å². The van der Waals surface area contributed by atoms with Gasteiger partial charge < -0.3 is 9.80 Å². The fourth-order valence-electron chi connectivity index (χ4n) is 5.35. The first-order valence-corrected chi connectivity index (χ1v) is 12.1. The molecule has 0 aliphatic carbocycles. The van der Waals surface area contributed by atoms with Gasteiger partial charge in [0.2, 0.25) is 5.91 Å². The van der Waals surface area contributed by atoms with Gasteiger partial charge in [-0.05, 0) is 65.5 Å².